The molecule has 0 amide bonds. The monoisotopic (exact) mass is 178 g/mol. The first-order valence-electron chi connectivity index (χ1n) is 3.95. The molecule has 1 aromatic carbocycles. The third-order valence-corrected chi connectivity index (χ3v) is 2.29. The molecule has 0 aliphatic carbocycles. The van der Waals surface area contributed by atoms with Crippen LogP contribution in [0.2, 0.25) is 0 Å². The van der Waals surface area contributed by atoms with Crippen molar-refractivity contribution in [2.45, 2.75) is 13.1 Å². The fraction of sp³-hybridized carbons (Fsp3) is 0.222. The van der Waals surface area contributed by atoms with Gasteiger partial charge in [-0.1, -0.05) is 24.3 Å². The molecule has 0 unspecified atom stereocenters. The highest BCUT2D eigenvalue weighted by molar-refractivity contribution is 7.80. The second-order valence-corrected chi connectivity index (χ2v) is 3.21. The standard InChI is InChI=1S/C9H10N2S/c12-9-10-5-7-3-1-2-4-8(7)6-11-9/h1-4H,5-6H2,(H2,10,11,12). The van der Waals surface area contributed by atoms with Crippen molar-refractivity contribution in [2.75, 3.05) is 0 Å². The molecule has 0 aromatic heterocycles. The van der Waals surface area contributed by atoms with E-state index in [2.05, 4.69) is 34.9 Å². The van der Waals surface area contributed by atoms with Gasteiger partial charge in [-0.05, 0) is 23.3 Å². The average Bonchev–Trinajstić information content (AvgIpc) is 2.29. The number of benzene rings is 1. The molecule has 2 rings (SSSR count). The Morgan fingerprint density at radius 1 is 1.00 bits per heavy atom. The summed E-state index contributed by atoms with van der Waals surface area (Å²) in [7, 11) is 0. The number of hydrogen-bond donors (Lipinski definition) is 2. The maximum absolute atomic E-state index is 5.02. The summed E-state index contributed by atoms with van der Waals surface area (Å²) in [6.45, 7) is 1.67. The zero-order valence-electron chi connectivity index (χ0n) is 6.63. The van der Waals surface area contributed by atoms with E-state index in [0.29, 0.717) is 0 Å². The van der Waals surface area contributed by atoms with Crippen LogP contribution in [0.5, 0.6) is 0 Å². The van der Waals surface area contributed by atoms with E-state index in [1.807, 2.05) is 0 Å². The maximum Gasteiger partial charge on any atom is 0.166 e. The molecule has 0 saturated heterocycles. The van der Waals surface area contributed by atoms with E-state index in [1.54, 1.807) is 0 Å². The van der Waals surface area contributed by atoms with Gasteiger partial charge in [0.1, 0.15) is 0 Å². The van der Waals surface area contributed by atoms with Crippen molar-refractivity contribution in [3.63, 3.8) is 0 Å². The van der Waals surface area contributed by atoms with Crippen molar-refractivity contribution in [1.29, 1.82) is 0 Å². The van der Waals surface area contributed by atoms with Gasteiger partial charge in [-0.2, -0.15) is 0 Å². The van der Waals surface area contributed by atoms with Crippen LogP contribution < -0.4 is 10.6 Å². The summed E-state index contributed by atoms with van der Waals surface area (Å²) in [5, 5.41) is 6.98. The predicted molar refractivity (Wildman–Crippen MR) is 52.7 cm³/mol. The highest BCUT2D eigenvalue weighted by atomic mass is 32.1. The molecule has 2 N–H and O–H groups in total. The van der Waals surface area contributed by atoms with Gasteiger partial charge in [-0.25, -0.2) is 0 Å². The molecule has 1 aliphatic rings. The highest BCUT2D eigenvalue weighted by Gasteiger charge is 2.06. The van der Waals surface area contributed by atoms with Crippen molar-refractivity contribution >= 4 is 17.3 Å². The Labute approximate surface area is 77.0 Å². The van der Waals surface area contributed by atoms with E-state index in [4.69, 9.17) is 12.2 Å². The van der Waals surface area contributed by atoms with Crippen LogP contribution in [0.3, 0.4) is 0 Å². The number of thiocarbonyl (C=S) groups is 1. The first-order valence-corrected chi connectivity index (χ1v) is 4.35. The van der Waals surface area contributed by atoms with E-state index >= 15 is 0 Å². The topological polar surface area (TPSA) is 24.1 Å². The fourth-order valence-electron chi connectivity index (χ4n) is 1.32. The van der Waals surface area contributed by atoms with Crippen LogP contribution in [0.15, 0.2) is 24.3 Å². The molecule has 0 fully saturated rings. The summed E-state index contributed by atoms with van der Waals surface area (Å²) in [5.41, 5.74) is 2.65. The molecular weight excluding hydrogens is 168 g/mol. The highest BCUT2D eigenvalue weighted by Crippen LogP contribution is 2.09. The van der Waals surface area contributed by atoms with E-state index in [0.717, 1.165) is 18.2 Å². The summed E-state index contributed by atoms with van der Waals surface area (Å²) in [6.07, 6.45) is 0. The largest absolute Gasteiger partial charge is 0.359 e. The van der Waals surface area contributed by atoms with Crippen molar-refractivity contribution < 1.29 is 0 Å². The van der Waals surface area contributed by atoms with Crippen molar-refractivity contribution in [2.24, 2.45) is 0 Å². The van der Waals surface area contributed by atoms with Crippen LogP contribution >= 0.6 is 12.2 Å². The Morgan fingerprint density at radius 2 is 1.50 bits per heavy atom. The third kappa shape index (κ3) is 1.41. The number of fused-ring (bicyclic) bond motifs is 1. The fourth-order valence-corrected chi connectivity index (χ4v) is 1.46. The molecule has 1 heterocycles. The lowest BCUT2D eigenvalue weighted by Crippen LogP contribution is -2.31. The van der Waals surface area contributed by atoms with Crippen LogP contribution in [0.4, 0.5) is 0 Å². The first kappa shape index (κ1) is 7.55. The second-order valence-electron chi connectivity index (χ2n) is 2.80. The third-order valence-electron chi connectivity index (χ3n) is 2.00. The summed E-state index contributed by atoms with van der Waals surface area (Å²) < 4.78 is 0. The van der Waals surface area contributed by atoms with Crippen molar-refractivity contribution in [1.82, 2.24) is 10.6 Å². The predicted octanol–water partition coefficient (Wildman–Crippen LogP) is 1.16. The van der Waals surface area contributed by atoms with Crippen LogP contribution in [0, 0.1) is 0 Å². The number of hydrogen-bond acceptors (Lipinski definition) is 1. The van der Waals surface area contributed by atoms with Gasteiger partial charge < -0.3 is 10.6 Å². The Bertz CT molecular complexity index is 280. The zero-order valence-corrected chi connectivity index (χ0v) is 7.45. The molecule has 0 radical (unpaired) electrons. The molecule has 0 saturated carbocycles. The normalized spacial score (nSPS) is 15.5. The molecular formula is C9H10N2S. The maximum atomic E-state index is 5.02. The van der Waals surface area contributed by atoms with Crippen LogP contribution in [0.1, 0.15) is 11.1 Å². The number of rotatable bonds is 0. The van der Waals surface area contributed by atoms with Crippen molar-refractivity contribution in [3.05, 3.63) is 35.4 Å². The number of nitrogens with one attached hydrogen (secondary N) is 2. The van der Waals surface area contributed by atoms with Gasteiger partial charge in [0, 0.05) is 13.1 Å². The Morgan fingerprint density at radius 3 is 2.00 bits per heavy atom. The lowest BCUT2D eigenvalue weighted by Gasteiger charge is -2.01. The smallest absolute Gasteiger partial charge is 0.166 e. The quantitative estimate of drug-likeness (QED) is 0.583. The van der Waals surface area contributed by atoms with Crippen LogP contribution in [-0.4, -0.2) is 5.11 Å². The summed E-state index contributed by atoms with van der Waals surface area (Å²) in [6, 6.07) is 8.35. The Balaban J connectivity index is 2.32. The van der Waals surface area contributed by atoms with Gasteiger partial charge in [0.15, 0.2) is 5.11 Å². The molecule has 0 spiro atoms. The zero-order chi connectivity index (χ0) is 8.39. The molecule has 3 heteroatoms. The molecule has 0 atom stereocenters. The van der Waals surface area contributed by atoms with Gasteiger partial charge in [0.25, 0.3) is 0 Å². The van der Waals surface area contributed by atoms with E-state index in [9.17, 15) is 0 Å². The summed E-state index contributed by atoms with van der Waals surface area (Å²) >= 11 is 5.02. The molecule has 12 heavy (non-hydrogen) atoms. The lowest BCUT2D eigenvalue weighted by atomic mass is 10.1. The molecule has 2 nitrogen and oxygen atoms in total. The van der Waals surface area contributed by atoms with E-state index in [1.165, 1.54) is 11.1 Å². The summed E-state index contributed by atoms with van der Waals surface area (Å²) in [4.78, 5) is 0. The van der Waals surface area contributed by atoms with Crippen molar-refractivity contribution in [3.8, 4) is 0 Å². The van der Waals surface area contributed by atoms with Crippen LogP contribution in [0.25, 0.3) is 0 Å². The van der Waals surface area contributed by atoms with Gasteiger partial charge in [0.05, 0.1) is 0 Å². The second kappa shape index (κ2) is 3.11. The summed E-state index contributed by atoms with van der Waals surface area (Å²) in [5.74, 6) is 0. The Kier molecular flexibility index (Phi) is 1.96. The van der Waals surface area contributed by atoms with E-state index in [-0.39, 0.29) is 0 Å². The van der Waals surface area contributed by atoms with Crippen LogP contribution in [-0.2, 0) is 13.1 Å². The SMILES string of the molecule is S=C1NCc2ccccc2CN1. The minimum atomic E-state index is 0.742. The first-order chi connectivity index (χ1) is 5.86. The molecule has 1 aromatic rings. The Hall–Kier alpha value is -1.09. The molecule has 62 valence electrons. The van der Waals surface area contributed by atoms with Gasteiger partial charge >= 0.3 is 0 Å². The van der Waals surface area contributed by atoms with E-state index < -0.39 is 0 Å². The lowest BCUT2D eigenvalue weighted by molar-refractivity contribution is 0.894. The van der Waals surface area contributed by atoms with Gasteiger partial charge in [0.2, 0.25) is 0 Å². The molecule has 1 aliphatic heterocycles. The van der Waals surface area contributed by atoms with Gasteiger partial charge in [-0.3, -0.25) is 0 Å². The van der Waals surface area contributed by atoms with Gasteiger partial charge in [-0.15, -0.1) is 0 Å². The average molecular weight is 178 g/mol. The molecule has 0 bridgehead atoms. The minimum Gasteiger partial charge on any atom is -0.359 e. The minimum absolute atomic E-state index is 0.742.